The van der Waals surface area contributed by atoms with Crippen LogP contribution in [-0.4, -0.2) is 21.9 Å². The number of rotatable bonds is 7. The number of nitrogens with one attached hydrogen (secondary N) is 2. The van der Waals surface area contributed by atoms with Crippen LogP contribution in [0.2, 0.25) is 0 Å². The quantitative estimate of drug-likeness (QED) is 0.455. The lowest BCUT2D eigenvalue weighted by molar-refractivity contribution is 0.100. The normalized spacial score (nSPS) is 12.8. The molecule has 7 nitrogen and oxygen atoms in total. The third-order valence-electron chi connectivity index (χ3n) is 4.56. The van der Waals surface area contributed by atoms with Gasteiger partial charge in [-0.05, 0) is 37.6 Å². The maximum atomic E-state index is 14.7. The Bertz CT molecular complexity index is 1120. The van der Waals surface area contributed by atoms with Gasteiger partial charge in [-0.3, -0.25) is 9.78 Å². The molecule has 1 amide bonds. The van der Waals surface area contributed by atoms with E-state index in [-0.39, 0.29) is 28.6 Å². The molecule has 0 aliphatic heterocycles. The highest BCUT2D eigenvalue weighted by Gasteiger charge is 2.22. The van der Waals surface area contributed by atoms with E-state index in [4.69, 9.17) is 11.5 Å². The fourth-order valence-corrected chi connectivity index (χ4v) is 2.95. The molecule has 0 unspecified atom stereocenters. The summed E-state index contributed by atoms with van der Waals surface area (Å²) in [5, 5.41) is 5.57. The van der Waals surface area contributed by atoms with Crippen molar-refractivity contribution in [1.82, 2.24) is 9.97 Å². The van der Waals surface area contributed by atoms with Gasteiger partial charge in [0.15, 0.2) is 11.6 Å². The number of benzene rings is 1. The van der Waals surface area contributed by atoms with Gasteiger partial charge in [-0.15, -0.1) is 0 Å². The Labute approximate surface area is 176 Å². The first-order chi connectivity index (χ1) is 14.7. The van der Waals surface area contributed by atoms with E-state index in [9.17, 15) is 18.0 Å². The zero-order valence-electron chi connectivity index (χ0n) is 16.8. The summed E-state index contributed by atoms with van der Waals surface area (Å²) < 4.78 is 42.2. The van der Waals surface area contributed by atoms with Crippen LogP contribution in [0.25, 0.3) is 0 Å². The van der Waals surface area contributed by atoms with Gasteiger partial charge in [0, 0.05) is 12.1 Å². The summed E-state index contributed by atoms with van der Waals surface area (Å²) in [4.78, 5) is 19.8. The molecule has 31 heavy (non-hydrogen) atoms. The molecule has 2 aromatic heterocycles. The van der Waals surface area contributed by atoms with Crippen molar-refractivity contribution >= 4 is 23.2 Å². The maximum absolute atomic E-state index is 14.7. The van der Waals surface area contributed by atoms with E-state index in [1.54, 1.807) is 13.0 Å². The fourth-order valence-electron chi connectivity index (χ4n) is 2.95. The Morgan fingerprint density at radius 2 is 1.84 bits per heavy atom. The summed E-state index contributed by atoms with van der Waals surface area (Å²) >= 11 is 0. The summed E-state index contributed by atoms with van der Waals surface area (Å²) in [6.45, 7) is 3.16. The van der Waals surface area contributed by atoms with Crippen LogP contribution >= 0.6 is 0 Å². The number of hydrogen-bond donors (Lipinski definition) is 4. The minimum Gasteiger partial charge on any atom is -0.365 e. The second kappa shape index (κ2) is 9.00. The van der Waals surface area contributed by atoms with Gasteiger partial charge in [0.05, 0.1) is 29.2 Å². The number of carbonyl (C=O) groups excluding carboxylic acids is 1. The maximum Gasteiger partial charge on any atom is 0.252 e. The summed E-state index contributed by atoms with van der Waals surface area (Å²) in [5.74, 6) is -3.21. The van der Waals surface area contributed by atoms with Crippen LogP contribution in [0.3, 0.4) is 0 Å². The lowest BCUT2D eigenvalue weighted by Crippen LogP contribution is -2.31. The highest BCUT2D eigenvalue weighted by atomic mass is 19.1. The van der Waals surface area contributed by atoms with E-state index in [1.807, 2.05) is 0 Å². The van der Waals surface area contributed by atoms with E-state index >= 15 is 0 Å². The standard InChI is InChI=1S/C21H21F3N6O/c1-10(25)18(12-4-3-5-13(22)6-12)29-21-17(24)8-15(19(26)31)20(30-21)28-14-7-16(23)11(2)27-9-14/h3-10,18H,25H2,1-2H3,(H2,26,31)(H2,28,29,30)/t10-,18-/m0/s1. The predicted molar refractivity (Wildman–Crippen MR) is 111 cm³/mol. The molecule has 0 spiro atoms. The number of aryl methyl sites for hydroxylation is 1. The van der Waals surface area contributed by atoms with Gasteiger partial charge in [0.2, 0.25) is 0 Å². The second-order valence-electron chi connectivity index (χ2n) is 7.03. The number of nitrogens with zero attached hydrogens (tertiary/aromatic N) is 2. The minimum absolute atomic E-state index is 0.107. The molecule has 0 aliphatic rings. The van der Waals surface area contributed by atoms with Crippen LogP contribution < -0.4 is 22.1 Å². The van der Waals surface area contributed by atoms with Crippen LogP contribution in [0.1, 0.15) is 34.6 Å². The van der Waals surface area contributed by atoms with Crippen LogP contribution in [0.15, 0.2) is 42.6 Å². The van der Waals surface area contributed by atoms with Crippen molar-refractivity contribution in [2.24, 2.45) is 11.5 Å². The van der Waals surface area contributed by atoms with Crippen LogP contribution in [-0.2, 0) is 0 Å². The van der Waals surface area contributed by atoms with E-state index in [2.05, 4.69) is 20.6 Å². The van der Waals surface area contributed by atoms with Crippen LogP contribution in [0.4, 0.5) is 30.5 Å². The number of amides is 1. The number of pyridine rings is 2. The molecule has 3 aromatic rings. The van der Waals surface area contributed by atoms with Crippen LogP contribution in [0, 0.1) is 24.4 Å². The number of halogens is 3. The number of aromatic nitrogens is 2. The average Bonchev–Trinajstić information content (AvgIpc) is 2.70. The number of carbonyl (C=O) groups is 1. The minimum atomic E-state index is -0.935. The molecule has 0 radical (unpaired) electrons. The first-order valence-electron chi connectivity index (χ1n) is 9.32. The molecule has 1 aromatic carbocycles. The van der Waals surface area contributed by atoms with E-state index in [0.717, 1.165) is 12.1 Å². The van der Waals surface area contributed by atoms with Gasteiger partial charge in [-0.25, -0.2) is 18.2 Å². The average molecular weight is 430 g/mol. The Kier molecular flexibility index (Phi) is 6.40. The molecule has 2 heterocycles. The SMILES string of the molecule is Cc1ncc(Nc2nc(N[C@H](c3cccc(F)c3)[C@H](C)N)c(F)cc2C(N)=O)cc1F. The molecule has 0 fully saturated rings. The Hall–Kier alpha value is -3.66. The number of nitrogens with two attached hydrogens (primary N) is 2. The molecule has 2 atom stereocenters. The van der Waals surface area contributed by atoms with Crippen molar-refractivity contribution in [3.8, 4) is 0 Å². The highest BCUT2D eigenvalue weighted by molar-refractivity contribution is 5.98. The molecule has 162 valence electrons. The largest absolute Gasteiger partial charge is 0.365 e. The van der Waals surface area contributed by atoms with Crippen molar-refractivity contribution in [2.75, 3.05) is 10.6 Å². The molecule has 0 aliphatic carbocycles. The van der Waals surface area contributed by atoms with E-state index < -0.39 is 35.4 Å². The Morgan fingerprint density at radius 1 is 1.10 bits per heavy atom. The monoisotopic (exact) mass is 430 g/mol. The van der Waals surface area contributed by atoms with Crippen LogP contribution in [0.5, 0.6) is 0 Å². The van der Waals surface area contributed by atoms with Gasteiger partial charge in [-0.1, -0.05) is 12.1 Å². The number of anilines is 3. The van der Waals surface area contributed by atoms with Crippen molar-refractivity contribution in [3.05, 3.63) is 76.9 Å². The van der Waals surface area contributed by atoms with Gasteiger partial charge in [0.1, 0.15) is 17.5 Å². The molecule has 6 N–H and O–H groups in total. The van der Waals surface area contributed by atoms with Crippen molar-refractivity contribution in [1.29, 1.82) is 0 Å². The molecule has 0 saturated carbocycles. The summed E-state index contributed by atoms with van der Waals surface area (Å²) in [6, 6.07) is 6.52. The topological polar surface area (TPSA) is 119 Å². The highest BCUT2D eigenvalue weighted by Crippen LogP contribution is 2.28. The fraction of sp³-hybridized carbons (Fsp3) is 0.190. The summed E-state index contributed by atoms with van der Waals surface area (Å²) in [7, 11) is 0. The molecular weight excluding hydrogens is 409 g/mol. The van der Waals surface area contributed by atoms with Gasteiger partial charge in [-0.2, -0.15) is 0 Å². The smallest absolute Gasteiger partial charge is 0.252 e. The zero-order chi connectivity index (χ0) is 22.7. The Morgan fingerprint density at radius 3 is 2.45 bits per heavy atom. The van der Waals surface area contributed by atoms with E-state index in [0.29, 0.717) is 5.56 Å². The molecule has 0 saturated heterocycles. The van der Waals surface area contributed by atoms with Gasteiger partial charge < -0.3 is 22.1 Å². The lowest BCUT2D eigenvalue weighted by Gasteiger charge is -2.24. The Balaban J connectivity index is 2.01. The van der Waals surface area contributed by atoms with Gasteiger partial charge in [0.25, 0.3) is 5.91 Å². The van der Waals surface area contributed by atoms with Crippen molar-refractivity contribution < 1.29 is 18.0 Å². The molecule has 3 rings (SSSR count). The predicted octanol–water partition coefficient (Wildman–Crippen LogP) is 3.55. The zero-order valence-corrected chi connectivity index (χ0v) is 16.8. The van der Waals surface area contributed by atoms with Crippen molar-refractivity contribution in [3.63, 3.8) is 0 Å². The first-order valence-corrected chi connectivity index (χ1v) is 9.32. The van der Waals surface area contributed by atoms with Crippen molar-refractivity contribution in [2.45, 2.75) is 25.9 Å². The lowest BCUT2D eigenvalue weighted by atomic mass is 10.0. The third-order valence-corrected chi connectivity index (χ3v) is 4.56. The van der Waals surface area contributed by atoms with E-state index in [1.165, 1.54) is 31.3 Å². The number of hydrogen-bond acceptors (Lipinski definition) is 6. The number of primary amides is 1. The molecule has 10 heteroatoms. The molecular formula is C21H21F3N6O. The first kappa shape index (κ1) is 22.0. The van der Waals surface area contributed by atoms with Gasteiger partial charge >= 0.3 is 0 Å². The second-order valence-corrected chi connectivity index (χ2v) is 7.03. The molecule has 0 bridgehead atoms. The summed E-state index contributed by atoms with van der Waals surface area (Å²) in [6.07, 6.45) is 1.33. The third kappa shape index (κ3) is 5.10. The summed E-state index contributed by atoms with van der Waals surface area (Å²) in [5.41, 5.74) is 12.0.